The summed E-state index contributed by atoms with van der Waals surface area (Å²) in [5.74, 6) is 0.567. The number of amides is 1. The van der Waals surface area contributed by atoms with Gasteiger partial charge in [0.1, 0.15) is 0 Å². The predicted molar refractivity (Wildman–Crippen MR) is 71.8 cm³/mol. The SMILES string of the molecule is CCCC(C)C(=O)N(CCBr)C1CCCC1. The summed E-state index contributed by atoms with van der Waals surface area (Å²) in [5.41, 5.74) is 0. The van der Waals surface area contributed by atoms with Crippen LogP contribution in [0.2, 0.25) is 0 Å². The van der Waals surface area contributed by atoms with Gasteiger partial charge in [0.2, 0.25) is 5.91 Å². The van der Waals surface area contributed by atoms with Crippen molar-refractivity contribution in [2.75, 3.05) is 11.9 Å². The average molecular weight is 290 g/mol. The molecular weight excluding hydrogens is 266 g/mol. The summed E-state index contributed by atoms with van der Waals surface area (Å²) in [6.07, 6.45) is 7.11. The first-order chi connectivity index (χ1) is 7.70. The summed E-state index contributed by atoms with van der Waals surface area (Å²) < 4.78 is 0. The zero-order valence-electron chi connectivity index (χ0n) is 10.5. The second kappa shape index (κ2) is 7.31. The summed E-state index contributed by atoms with van der Waals surface area (Å²) in [5, 5.41) is 0.897. The van der Waals surface area contributed by atoms with E-state index in [4.69, 9.17) is 0 Å². The van der Waals surface area contributed by atoms with E-state index < -0.39 is 0 Å². The van der Waals surface area contributed by atoms with Crippen molar-refractivity contribution >= 4 is 21.8 Å². The van der Waals surface area contributed by atoms with Gasteiger partial charge in [0.25, 0.3) is 0 Å². The fourth-order valence-corrected chi connectivity index (χ4v) is 3.00. The predicted octanol–water partition coefficient (Wildman–Crippen LogP) is 3.59. The number of nitrogens with zero attached hydrogens (tertiary/aromatic N) is 1. The normalized spacial score (nSPS) is 18.7. The molecule has 0 saturated heterocycles. The Bertz CT molecular complexity index is 214. The summed E-state index contributed by atoms with van der Waals surface area (Å²) >= 11 is 3.46. The van der Waals surface area contributed by atoms with Crippen molar-refractivity contribution in [2.45, 2.75) is 58.4 Å². The van der Waals surface area contributed by atoms with E-state index in [0.29, 0.717) is 11.9 Å². The van der Waals surface area contributed by atoms with E-state index in [9.17, 15) is 4.79 Å². The zero-order valence-corrected chi connectivity index (χ0v) is 12.1. The van der Waals surface area contributed by atoms with Gasteiger partial charge in [-0.1, -0.05) is 49.0 Å². The van der Waals surface area contributed by atoms with Crippen LogP contribution in [0.15, 0.2) is 0 Å². The fourth-order valence-electron chi connectivity index (χ4n) is 2.62. The highest BCUT2D eigenvalue weighted by molar-refractivity contribution is 9.09. The van der Waals surface area contributed by atoms with Crippen LogP contribution < -0.4 is 0 Å². The fraction of sp³-hybridized carbons (Fsp3) is 0.923. The molecule has 0 spiro atoms. The van der Waals surface area contributed by atoms with Crippen molar-refractivity contribution in [1.82, 2.24) is 4.90 Å². The van der Waals surface area contributed by atoms with Crippen molar-refractivity contribution in [3.63, 3.8) is 0 Å². The molecule has 1 aliphatic rings. The van der Waals surface area contributed by atoms with E-state index in [1.807, 2.05) is 0 Å². The molecule has 0 radical (unpaired) electrons. The summed E-state index contributed by atoms with van der Waals surface area (Å²) in [6.45, 7) is 5.09. The second-order valence-corrected chi connectivity index (χ2v) is 5.64. The van der Waals surface area contributed by atoms with Crippen molar-refractivity contribution in [3.8, 4) is 0 Å². The maximum absolute atomic E-state index is 12.3. The number of alkyl halides is 1. The maximum Gasteiger partial charge on any atom is 0.225 e. The van der Waals surface area contributed by atoms with Crippen LogP contribution in [0.3, 0.4) is 0 Å². The van der Waals surface area contributed by atoms with E-state index >= 15 is 0 Å². The lowest BCUT2D eigenvalue weighted by atomic mass is 10.0. The van der Waals surface area contributed by atoms with E-state index in [1.165, 1.54) is 25.7 Å². The van der Waals surface area contributed by atoms with Crippen LogP contribution in [0.5, 0.6) is 0 Å². The molecule has 1 saturated carbocycles. The first-order valence-electron chi connectivity index (χ1n) is 6.57. The Kier molecular flexibility index (Phi) is 6.40. The smallest absolute Gasteiger partial charge is 0.225 e. The summed E-state index contributed by atoms with van der Waals surface area (Å²) in [7, 11) is 0. The molecule has 1 amide bonds. The van der Waals surface area contributed by atoms with Gasteiger partial charge in [-0.3, -0.25) is 4.79 Å². The molecular formula is C13H24BrNO. The molecule has 1 atom stereocenters. The Balaban J connectivity index is 2.56. The number of carbonyl (C=O) groups excluding carboxylic acids is 1. The molecule has 3 heteroatoms. The number of hydrogen-bond donors (Lipinski definition) is 0. The quantitative estimate of drug-likeness (QED) is 0.685. The number of rotatable bonds is 6. The van der Waals surface area contributed by atoms with Gasteiger partial charge in [-0.05, 0) is 19.3 Å². The van der Waals surface area contributed by atoms with E-state index in [1.54, 1.807) is 0 Å². The van der Waals surface area contributed by atoms with Crippen LogP contribution >= 0.6 is 15.9 Å². The molecule has 16 heavy (non-hydrogen) atoms. The van der Waals surface area contributed by atoms with Gasteiger partial charge in [0, 0.05) is 23.8 Å². The summed E-state index contributed by atoms with van der Waals surface area (Å²) in [4.78, 5) is 14.4. The minimum Gasteiger partial charge on any atom is -0.339 e. The molecule has 0 heterocycles. The lowest BCUT2D eigenvalue weighted by Crippen LogP contribution is -2.42. The van der Waals surface area contributed by atoms with Crippen LogP contribution in [-0.4, -0.2) is 28.7 Å². The first kappa shape index (κ1) is 14.0. The highest BCUT2D eigenvalue weighted by atomic mass is 79.9. The monoisotopic (exact) mass is 289 g/mol. The highest BCUT2D eigenvalue weighted by Gasteiger charge is 2.28. The second-order valence-electron chi connectivity index (χ2n) is 4.85. The van der Waals surface area contributed by atoms with Gasteiger partial charge in [0.05, 0.1) is 0 Å². The molecule has 1 unspecified atom stereocenters. The highest BCUT2D eigenvalue weighted by Crippen LogP contribution is 2.25. The Morgan fingerprint density at radius 2 is 2.06 bits per heavy atom. The van der Waals surface area contributed by atoms with Crippen molar-refractivity contribution in [3.05, 3.63) is 0 Å². The van der Waals surface area contributed by atoms with E-state index in [0.717, 1.165) is 24.7 Å². The molecule has 0 bridgehead atoms. The van der Waals surface area contributed by atoms with Gasteiger partial charge in [0.15, 0.2) is 0 Å². The topological polar surface area (TPSA) is 20.3 Å². The minimum atomic E-state index is 0.199. The first-order valence-corrected chi connectivity index (χ1v) is 7.69. The van der Waals surface area contributed by atoms with Crippen molar-refractivity contribution in [2.24, 2.45) is 5.92 Å². The zero-order chi connectivity index (χ0) is 12.0. The molecule has 0 aliphatic heterocycles. The Hall–Kier alpha value is -0.0500. The molecule has 1 aliphatic carbocycles. The van der Waals surface area contributed by atoms with Crippen molar-refractivity contribution < 1.29 is 4.79 Å². The van der Waals surface area contributed by atoms with Crippen LogP contribution in [-0.2, 0) is 4.79 Å². The molecule has 0 aromatic rings. The molecule has 0 aromatic carbocycles. The van der Waals surface area contributed by atoms with Crippen LogP contribution in [0.1, 0.15) is 52.4 Å². The molecule has 1 fully saturated rings. The number of halogens is 1. The van der Waals surface area contributed by atoms with Gasteiger partial charge in [-0.15, -0.1) is 0 Å². The maximum atomic E-state index is 12.3. The molecule has 1 rings (SSSR count). The lowest BCUT2D eigenvalue weighted by molar-refractivity contribution is -0.137. The Morgan fingerprint density at radius 1 is 1.44 bits per heavy atom. The van der Waals surface area contributed by atoms with E-state index in [2.05, 4.69) is 34.7 Å². The van der Waals surface area contributed by atoms with Crippen molar-refractivity contribution in [1.29, 1.82) is 0 Å². The third-order valence-electron chi connectivity index (χ3n) is 3.52. The summed E-state index contributed by atoms with van der Waals surface area (Å²) in [6, 6.07) is 0.518. The minimum absolute atomic E-state index is 0.199. The molecule has 0 aromatic heterocycles. The standard InChI is InChI=1S/C13H24BrNO/c1-3-6-11(2)13(16)15(10-9-14)12-7-4-5-8-12/h11-12H,3-10H2,1-2H3. The number of hydrogen-bond acceptors (Lipinski definition) is 1. The third kappa shape index (κ3) is 3.76. The molecule has 0 N–H and O–H groups in total. The number of carbonyl (C=O) groups is 1. The van der Waals surface area contributed by atoms with Crippen LogP contribution in [0, 0.1) is 5.92 Å². The van der Waals surface area contributed by atoms with Crippen LogP contribution in [0.4, 0.5) is 0 Å². The van der Waals surface area contributed by atoms with Gasteiger partial charge in [-0.25, -0.2) is 0 Å². The van der Waals surface area contributed by atoms with E-state index in [-0.39, 0.29) is 5.92 Å². The Morgan fingerprint density at radius 3 is 2.56 bits per heavy atom. The average Bonchev–Trinajstić information content (AvgIpc) is 2.78. The van der Waals surface area contributed by atoms with Gasteiger partial charge >= 0.3 is 0 Å². The molecule has 2 nitrogen and oxygen atoms in total. The van der Waals surface area contributed by atoms with Gasteiger partial charge in [-0.2, -0.15) is 0 Å². The Labute approximate surface area is 108 Å². The third-order valence-corrected chi connectivity index (χ3v) is 3.87. The largest absolute Gasteiger partial charge is 0.339 e. The molecule has 94 valence electrons. The van der Waals surface area contributed by atoms with Crippen LogP contribution in [0.25, 0.3) is 0 Å². The lowest BCUT2D eigenvalue weighted by Gasteiger charge is -2.31. The van der Waals surface area contributed by atoms with Gasteiger partial charge < -0.3 is 4.90 Å².